The number of rotatable bonds is 4. The first-order valence-corrected chi connectivity index (χ1v) is 5.72. The Kier molecular flexibility index (Phi) is 4.96. The maximum absolute atomic E-state index is 13.5. The first kappa shape index (κ1) is 15.7. The van der Waals surface area contributed by atoms with Gasteiger partial charge < -0.3 is 9.90 Å². The van der Waals surface area contributed by atoms with Gasteiger partial charge in [0.2, 0.25) is 0 Å². The van der Waals surface area contributed by atoms with Crippen molar-refractivity contribution >= 4 is 6.29 Å². The van der Waals surface area contributed by atoms with Gasteiger partial charge in [0.25, 0.3) is 0 Å². The number of aliphatic hydroxyl groups excluding tert-OH is 1. The Morgan fingerprint density at radius 1 is 1.56 bits per heavy atom. The van der Waals surface area contributed by atoms with Crippen molar-refractivity contribution in [1.29, 1.82) is 0 Å². The Labute approximate surface area is 118 Å². The first-order valence-electron chi connectivity index (χ1n) is 5.72. The van der Waals surface area contributed by atoms with E-state index in [-0.39, 0.29) is 49.4 Å². The summed E-state index contributed by atoms with van der Waals surface area (Å²) in [6, 6.07) is 0. The minimum atomic E-state index is -3.26. The zero-order chi connectivity index (χ0) is 12.6. The van der Waals surface area contributed by atoms with Gasteiger partial charge in [-0.2, -0.15) is 0 Å². The van der Waals surface area contributed by atoms with Gasteiger partial charge in [0, 0.05) is 6.42 Å². The van der Waals surface area contributed by atoms with Crippen LogP contribution in [0.5, 0.6) is 0 Å². The molecule has 2 aliphatic carbocycles. The maximum atomic E-state index is 13.5. The zero-order valence-electron chi connectivity index (χ0n) is 9.92. The SMILES string of the molecule is CC1C(CC=O)=CC=C(C(F)(F)[CH-]O)C2CC12.[Ru+]. The number of aliphatic hydroxyl groups is 1. The number of carbonyl (C=O) groups is 1. The van der Waals surface area contributed by atoms with Gasteiger partial charge in [0.05, 0.1) is 0 Å². The van der Waals surface area contributed by atoms with Gasteiger partial charge in [-0.15, -0.1) is 6.61 Å². The molecule has 1 N–H and O–H groups in total. The van der Waals surface area contributed by atoms with E-state index in [9.17, 15) is 13.6 Å². The van der Waals surface area contributed by atoms with E-state index in [0.717, 1.165) is 11.9 Å². The van der Waals surface area contributed by atoms with Crippen LogP contribution in [0, 0.1) is 24.4 Å². The number of hydrogen-bond acceptors (Lipinski definition) is 2. The molecule has 2 rings (SSSR count). The Hall–Kier alpha value is -0.407. The second-order valence-corrected chi connectivity index (χ2v) is 4.78. The summed E-state index contributed by atoms with van der Waals surface area (Å²) in [6.07, 6.45) is 4.79. The molecular formula is C13H15F2O2Ru. The average molecular weight is 342 g/mol. The van der Waals surface area contributed by atoms with Crippen LogP contribution in [0.1, 0.15) is 19.8 Å². The van der Waals surface area contributed by atoms with Crippen molar-refractivity contribution in [3.63, 3.8) is 0 Å². The van der Waals surface area contributed by atoms with Crippen molar-refractivity contribution in [2.45, 2.75) is 25.7 Å². The topological polar surface area (TPSA) is 37.3 Å². The molecule has 18 heavy (non-hydrogen) atoms. The summed E-state index contributed by atoms with van der Waals surface area (Å²) in [6.45, 7) is 1.93. The number of halogens is 2. The Morgan fingerprint density at radius 3 is 2.78 bits per heavy atom. The molecule has 1 radical (unpaired) electrons. The number of hydrogen-bond donors (Lipinski definition) is 1. The van der Waals surface area contributed by atoms with Crippen LogP contribution < -0.4 is 0 Å². The zero-order valence-corrected chi connectivity index (χ0v) is 11.7. The molecule has 1 fully saturated rings. The molecule has 3 unspecified atom stereocenters. The van der Waals surface area contributed by atoms with Crippen molar-refractivity contribution in [2.75, 3.05) is 0 Å². The number of aldehydes is 1. The van der Waals surface area contributed by atoms with Crippen LogP contribution in [-0.2, 0) is 24.3 Å². The smallest absolute Gasteiger partial charge is 0.560 e. The summed E-state index contributed by atoms with van der Waals surface area (Å²) < 4.78 is 26.9. The Morgan fingerprint density at radius 2 is 2.22 bits per heavy atom. The molecule has 0 bridgehead atoms. The fraction of sp³-hybridized carbons (Fsp3) is 0.538. The molecule has 3 atom stereocenters. The summed E-state index contributed by atoms with van der Waals surface area (Å²) in [5.41, 5.74) is 0.869. The molecule has 0 amide bonds. The van der Waals surface area contributed by atoms with Gasteiger partial charge in [-0.25, -0.2) is 8.78 Å². The molecule has 1 saturated carbocycles. The minimum Gasteiger partial charge on any atom is -0.560 e. The summed E-state index contributed by atoms with van der Waals surface area (Å²) in [5, 5.41) is 8.62. The number of fused-ring (bicyclic) bond motifs is 1. The maximum Gasteiger partial charge on any atom is 1.00 e. The Balaban J connectivity index is 0.00000162. The first-order chi connectivity index (χ1) is 8.01. The van der Waals surface area contributed by atoms with Crippen LogP contribution in [0.3, 0.4) is 0 Å². The second-order valence-electron chi connectivity index (χ2n) is 4.78. The van der Waals surface area contributed by atoms with Crippen LogP contribution >= 0.6 is 0 Å². The molecule has 0 spiro atoms. The molecule has 0 heterocycles. The van der Waals surface area contributed by atoms with Crippen molar-refractivity contribution < 1.29 is 38.2 Å². The minimum absolute atomic E-state index is 0. The third-order valence-electron chi connectivity index (χ3n) is 3.81. The molecular weight excluding hydrogens is 327 g/mol. The fourth-order valence-corrected chi connectivity index (χ4v) is 2.65. The predicted molar refractivity (Wildman–Crippen MR) is 58.8 cm³/mol. The van der Waals surface area contributed by atoms with E-state index in [1.807, 2.05) is 6.92 Å². The van der Waals surface area contributed by atoms with Crippen molar-refractivity contribution in [3.8, 4) is 0 Å². The van der Waals surface area contributed by atoms with Gasteiger partial charge >= 0.3 is 19.5 Å². The van der Waals surface area contributed by atoms with Gasteiger partial charge in [0.1, 0.15) is 6.29 Å². The number of alkyl halides is 2. The van der Waals surface area contributed by atoms with Crippen molar-refractivity contribution in [1.82, 2.24) is 0 Å². The average Bonchev–Trinajstić information content (AvgIpc) is 3.06. The van der Waals surface area contributed by atoms with Gasteiger partial charge in [-0.1, -0.05) is 24.6 Å². The number of allylic oxidation sites excluding steroid dienone is 3. The summed E-state index contributed by atoms with van der Waals surface area (Å²) in [4.78, 5) is 10.5. The van der Waals surface area contributed by atoms with Crippen LogP contribution in [0.4, 0.5) is 8.78 Å². The summed E-state index contributed by atoms with van der Waals surface area (Å²) >= 11 is 0. The number of carbonyl (C=O) groups excluding carboxylic acids is 1. The van der Waals surface area contributed by atoms with Gasteiger partial charge in [-0.3, -0.25) is 0 Å². The quantitative estimate of drug-likeness (QED) is 0.485. The van der Waals surface area contributed by atoms with E-state index >= 15 is 0 Å². The van der Waals surface area contributed by atoms with E-state index in [4.69, 9.17) is 5.11 Å². The van der Waals surface area contributed by atoms with E-state index in [2.05, 4.69) is 0 Å². The second kappa shape index (κ2) is 5.71. The molecule has 0 aliphatic heterocycles. The standard InChI is InChI=1S/C13H15F2O2.Ru/c1-8-9(4-5-16)2-3-12(11-6-10(8)11)13(14,15)7-17;/h2-3,5,7-8,10-11,17H,4,6H2,1H3;/q-1;+1. The molecule has 0 aromatic heterocycles. The van der Waals surface area contributed by atoms with E-state index in [1.54, 1.807) is 6.08 Å². The molecule has 0 aromatic rings. The molecule has 5 heteroatoms. The largest absolute Gasteiger partial charge is 1.00 e. The van der Waals surface area contributed by atoms with E-state index in [0.29, 0.717) is 12.8 Å². The van der Waals surface area contributed by atoms with Gasteiger partial charge in [-0.05, 0) is 29.7 Å². The molecule has 0 aromatic carbocycles. The summed E-state index contributed by atoms with van der Waals surface area (Å²) in [7, 11) is 0. The molecule has 101 valence electrons. The van der Waals surface area contributed by atoms with Crippen molar-refractivity contribution in [3.05, 3.63) is 29.9 Å². The molecule has 0 saturated heterocycles. The third-order valence-corrected chi connectivity index (χ3v) is 3.81. The van der Waals surface area contributed by atoms with Crippen LogP contribution in [0.2, 0.25) is 0 Å². The molecule has 2 aliphatic rings. The summed E-state index contributed by atoms with van der Waals surface area (Å²) in [5.74, 6) is -3.08. The normalized spacial score (nSPS) is 30.3. The van der Waals surface area contributed by atoms with E-state index < -0.39 is 5.92 Å². The van der Waals surface area contributed by atoms with Crippen LogP contribution in [0.25, 0.3) is 0 Å². The molecule has 2 nitrogen and oxygen atoms in total. The van der Waals surface area contributed by atoms with Gasteiger partial charge in [0.15, 0.2) is 5.92 Å². The van der Waals surface area contributed by atoms with E-state index in [1.165, 1.54) is 6.08 Å². The Bertz CT molecular complexity index is 390. The third kappa shape index (κ3) is 2.78. The van der Waals surface area contributed by atoms with Crippen LogP contribution in [-0.4, -0.2) is 17.3 Å². The fourth-order valence-electron chi connectivity index (χ4n) is 2.65. The monoisotopic (exact) mass is 343 g/mol. The predicted octanol–water partition coefficient (Wildman–Crippen LogP) is 2.88. The van der Waals surface area contributed by atoms with Crippen LogP contribution in [0.15, 0.2) is 23.3 Å². The van der Waals surface area contributed by atoms with Crippen molar-refractivity contribution in [2.24, 2.45) is 17.8 Å².